The number of benzene rings is 2. The molecule has 10 heteroatoms. The molecule has 1 saturated heterocycles. The third kappa shape index (κ3) is 4.90. The quantitative estimate of drug-likeness (QED) is 0.624. The molecule has 0 aromatic heterocycles. The Morgan fingerprint density at radius 3 is 2.29 bits per heavy atom. The van der Waals surface area contributed by atoms with Crippen LogP contribution in [0.4, 0.5) is 19.3 Å². The summed E-state index contributed by atoms with van der Waals surface area (Å²) in [4.78, 5) is 38.4. The molecule has 2 aromatic carbocycles. The number of nitrogens with zero attached hydrogens (tertiary/aromatic N) is 1. The number of nitrogens with one attached hydrogen (secondary N) is 2. The lowest BCUT2D eigenvalue weighted by Gasteiger charge is -2.22. The SMILES string of the molecule is CCOc1ccc(NC(=O)CN2C(=O)N[C@@](C)(c3ccc(OC(F)F)cc3)C2=O)cc1. The van der Waals surface area contributed by atoms with E-state index < -0.39 is 36.5 Å². The molecule has 0 saturated carbocycles. The van der Waals surface area contributed by atoms with Crippen molar-refractivity contribution in [1.82, 2.24) is 10.2 Å². The Kier molecular flexibility index (Phi) is 6.38. The first kappa shape index (κ1) is 22.0. The summed E-state index contributed by atoms with van der Waals surface area (Å²) < 4.78 is 34.2. The van der Waals surface area contributed by atoms with Gasteiger partial charge >= 0.3 is 12.6 Å². The minimum Gasteiger partial charge on any atom is -0.494 e. The zero-order valence-corrected chi connectivity index (χ0v) is 16.9. The zero-order chi connectivity index (χ0) is 22.6. The van der Waals surface area contributed by atoms with Crippen molar-refractivity contribution in [3.63, 3.8) is 0 Å². The van der Waals surface area contributed by atoms with Crippen LogP contribution in [0.1, 0.15) is 19.4 Å². The van der Waals surface area contributed by atoms with Crippen molar-refractivity contribution in [3.8, 4) is 11.5 Å². The zero-order valence-electron chi connectivity index (χ0n) is 16.9. The van der Waals surface area contributed by atoms with E-state index in [1.165, 1.54) is 31.2 Å². The van der Waals surface area contributed by atoms with Crippen LogP contribution in [-0.2, 0) is 15.1 Å². The average Bonchev–Trinajstić information content (AvgIpc) is 2.93. The Morgan fingerprint density at radius 1 is 1.10 bits per heavy atom. The van der Waals surface area contributed by atoms with Gasteiger partial charge in [0.05, 0.1) is 6.61 Å². The summed E-state index contributed by atoms with van der Waals surface area (Å²) in [7, 11) is 0. The fraction of sp³-hybridized carbons (Fsp3) is 0.286. The molecule has 0 bridgehead atoms. The van der Waals surface area contributed by atoms with E-state index in [2.05, 4.69) is 15.4 Å². The number of hydrogen-bond donors (Lipinski definition) is 2. The topological polar surface area (TPSA) is 97.0 Å². The predicted octanol–water partition coefficient (Wildman–Crippen LogP) is 3.09. The van der Waals surface area contributed by atoms with Crippen LogP contribution in [0.25, 0.3) is 0 Å². The number of ether oxygens (including phenoxy) is 2. The predicted molar refractivity (Wildman–Crippen MR) is 107 cm³/mol. The van der Waals surface area contributed by atoms with Crippen molar-refractivity contribution in [2.24, 2.45) is 0 Å². The number of amides is 4. The molecule has 1 fully saturated rings. The van der Waals surface area contributed by atoms with E-state index in [0.717, 1.165) is 4.90 Å². The number of urea groups is 1. The lowest BCUT2D eigenvalue weighted by molar-refractivity contribution is -0.133. The Bertz CT molecular complexity index is 966. The fourth-order valence-electron chi connectivity index (χ4n) is 3.15. The molecular formula is C21H21F2N3O5. The first-order chi connectivity index (χ1) is 14.7. The van der Waals surface area contributed by atoms with Gasteiger partial charge in [-0.3, -0.25) is 14.5 Å². The molecule has 1 aliphatic rings. The Labute approximate surface area is 177 Å². The molecule has 2 N–H and O–H groups in total. The maximum atomic E-state index is 12.9. The van der Waals surface area contributed by atoms with E-state index in [9.17, 15) is 23.2 Å². The van der Waals surface area contributed by atoms with Gasteiger partial charge in [0, 0.05) is 5.69 Å². The van der Waals surface area contributed by atoms with Gasteiger partial charge in [0.25, 0.3) is 5.91 Å². The Balaban J connectivity index is 1.67. The van der Waals surface area contributed by atoms with E-state index in [0.29, 0.717) is 23.6 Å². The van der Waals surface area contributed by atoms with E-state index >= 15 is 0 Å². The van der Waals surface area contributed by atoms with Crippen molar-refractivity contribution in [2.75, 3.05) is 18.5 Å². The highest BCUT2D eigenvalue weighted by Gasteiger charge is 2.49. The number of alkyl halides is 2. The summed E-state index contributed by atoms with van der Waals surface area (Å²) in [5, 5.41) is 5.17. The van der Waals surface area contributed by atoms with Crippen molar-refractivity contribution in [1.29, 1.82) is 0 Å². The van der Waals surface area contributed by atoms with Gasteiger partial charge in [-0.1, -0.05) is 12.1 Å². The second kappa shape index (κ2) is 8.99. The van der Waals surface area contributed by atoms with E-state index in [4.69, 9.17) is 4.74 Å². The van der Waals surface area contributed by atoms with Crippen LogP contribution < -0.4 is 20.1 Å². The van der Waals surface area contributed by atoms with E-state index in [-0.39, 0.29) is 5.75 Å². The average molecular weight is 433 g/mol. The Morgan fingerprint density at radius 2 is 1.71 bits per heavy atom. The molecular weight excluding hydrogens is 412 g/mol. The normalized spacial score (nSPS) is 18.2. The lowest BCUT2D eigenvalue weighted by Crippen LogP contribution is -2.42. The van der Waals surface area contributed by atoms with Gasteiger partial charge in [0.1, 0.15) is 23.6 Å². The van der Waals surface area contributed by atoms with Crippen molar-refractivity contribution < 1.29 is 32.6 Å². The van der Waals surface area contributed by atoms with Gasteiger partial charge in [0.2, 0.25) is 5.91 Å². The standard InChI is InChI=1S/C21H21F2N3O5/c1-3-30-15-10-6-14(7-11-15)24-17(27)12-26-18(28)21(2,25-20(26)29)13-4-8-16(9-5-13)31-19(22)23/h4-11,19H,3,12H2,1-2H3,(H,24,27)(H,25,29)/t21-/m0/s1. The number of halogens is 2. The summed E-state index contributed by atoms with van der Waals surface area (Å²) >= 11 is 0. The molecule has 4 amide bonds. The smallest absolute Gasteiger partial charge is 0.387 e. The summed E-state index contributed by atoms with van der Waals surface area (Å²) in [6.07, 6.45) is 0. The maximum absolute atomic E-state index is 12.9. The maximum Gasteiger partial charge on any atom is 0.387 e. The fourth-order valence-corrected chi connectivity index (χ4v) is 3.15. The number of imide groups is 1. The summed E-state index contributed by atoms with van der Waals surface area (Å²) in [5.41, 5.74) is -0.598. The molecule has 8 nitrogen and oxygen atoms in total. The van der Waals surface area contributed by atoms with Gasteiger partial charge in [-0.25, -0.2) is 4.79 Å². The first-order valence-electron chi connectivity index (χ1n) is 9.45. The minimum absolute atomic E-state index is 0.0780. The molecule has 0 aliphatic carbocycles. The van der Waals surface area contributed by atoms with Crippen LogP contribution in [0.5, 0.6) is 11.5 Å². The summed E-state index contributed by atoms with van der Waals surface area (Å²) in [6, 6.07) is 11.3. The van der Waals surface area contributed by atoms with Gasteiger partial charge < -0.3 is 20.1 Å². The molecule has 0 radical (unpaired) electrons. The van der Waals surface area contributed by atoms with Crippen LogP contribution in [-0.4, -0.2) is 42.5 Å². The van der Waals surface area contributed by atoms with Crippen LogP contribution in [0.3, 0.4) is 0 Å². The van der Waals surface area contributed by atoms with Crippen LogP contribution >= 0.6 is 0 Å². The highest BCUT2D eigenvalue weighted by Crippen LogP contribution is 2.30. The second-order valence-electron chi connectivity index (χ2n) is 6.85. The molecule has 0 unspecified atom stereocenters. The number of rotatable bonds is 8. The van der Waals surface area contributed by atoms with E-state index in [1.807, 2.05) is 6.92 Å². The minimum atomic E-state index is -2.97. The van der Waals surface area contributed by atoms with Crippen LogP contribution in [0, 0.1) is 0 Å². The third-order valence-corrected chi connectivity index (χ3v) is 4.68. The molecule has 1 atom stereocenters. The van der Waals surface area contributed by atoms with E-state index in [1.54, 1.807) is 24.3 Å². The van der Waals surface area contributed by atoms with Crippen molar-refractivity contribution >= 4 is 23.5 Å². The second-order valence-corrected chi connectivity index (χ2v) is 6.85. The molecule has 1 heterocycles. The highest BCUT2D eigenvalue weighted by molar-refractivity contribution is 6.10. The molecule has 1 aliphatic heterocycles. The Hall–Kier alpha value is -3.69. The monoisotopic (exact) mass is 433 g/mol. The molecule has 2 aromatic rings. The van der Waals surface area contributed by atoms with Gasteiger partial charge in [-0.15, -0.1) is 0 Å². The molecule has 164 valence electrons. The first-order valence-corrected chi connectivity index (χ1v) is 9.45. The number of anilines is 1. The number of carbonyl (C=O) groups is 3. The highest BCUT2D eigenvalue weighted by atomic mass is 19.3. The van der Waals surface area contributed by atoms with Crippen LogP contribution in [0.2, 0.25) is 0 Å². The number of hydrogen-bond acceptors (Lipinski definition) is 5. The largest absolute Gasteiger partial charge is 0.494 e. The van der Waals surface area contributed by atoms with Crippen LogP contribution in [0.15, 0.2) is 48.5 Å². The third-order valence-electron chi connectivity index (χ3n) is 4.68. The molecule has 0 spiro atoms. The lowest BCUT2D eigenvalue weighted by atomic mass is 9.92. The summed E-state index contributed by atoms with van der Waals surface area (Å²) in [6.45, 7) is 0.380. The van der Waals surface area contributed by atoms with Gasteiger partial charge in [-0.2, -0.15) is 8.78 Å². The molecule has 31 heavy (non-hydrogen) atoms. The summed E-state index contributed by atoms with van der Waals surface area (Å²) in [5.74, 6) is -0.625. The molecule has 3 rings (SSSR count). The number of carbonyl (C=O) groups excluding carboxylic acids is 3. The van der Waals surface area contributed by atoms with Crippen molar-refractivity contribution in [2.45, 2.75) is 26.0 Å². The van der Waals surface area contributed by atoms with Crippen molar-refractivity contribution in [3.05, 3.63) is 54.1 Å². The van der Waals surface area contributed by atoms with Gasteiger partial charge in [0.15, 0.2) is 0 Å². The van der Waals surface area contributed by atoms with Gasteiger partial charge in [-0.05, 0) is 55.8 Å².